The summed E-state index contributed by atoms with van der Waals surface area (Å²) in [7, 11) is 1.27. The number of nitro benzene ring substituents is 1. The topological polar surface area (TPSA) is 98.5 Å². The molecule has 1 N–H and O–H groups in total. The smallest absolute Gasteiger partial charge is 0.328 e. The van der Waals surface area contributed by atoms with Crippen LogP contribution in [0.15, 0.2) is 42.5 Å². The molecule has 1 amide bonds. The predicted molar refractivity (Wildman–Crippen MR) is 106 cm³/mol. The Morgan fingerprint density at radius 2 is 1.82 bits per heavy atom. The number of aryl methyl sites for hydroxylation is 1. The van der Waals surface area contributed by atoms with Crippen LogP contribution in [0.1, 0.15) is 36.2 Å². The lowest BCUT2D eigenvalue weighted by molar-refractivity contribution is -0.384. The van der Waals surface area contributed by atoms with Crippen LogP contribution in [0.5, 0.6) is 0 Å². The van der Waals surface area contributed by atoms with E-state index in [2.05, 4.69) is 5.32 Å². The first kappa shape index (κ1) is 21.1. The summed E-state index contributed by atoms with van der Waals surface area (Å²) in [4.78, 5) is 35.7. The van der Waals surface area contributed by atoms with E-state index in [9.17, 15) is 19.7 Å². The van der Waals surface area contributed by atoms with Gasteiger partial charge in [-0.15, -0.1) is 0 Å². The number of nitrogens with zero attached hydrogens (tertiary/aromatic N) is 1. The highest BCUT2D eigenvalue weighted by Gasteiger charge is 2.25. The van der Waals surface area contributed by atoms with E-state index in [0.29, 0.717) is 12.0 Å². The summed E-state index contributed by atoms with van der Waals surface area (Å²) in [6.07, 6.45) is 0.422. The number of nitro groups is 1. The normalized spacial score (nSPS) is 11.8. The van der Waals surface area contributed by atoms with E-state index >= 15 is 0 Å². The Bertz CT molecular complexity index is 892. The van der Waals surface area contributed by atoms with E-state index in [1.807, 2.05) is 32.9 Å². The summed E-state index contributed by atoms with van der Waals surface area (Å²) in [6.45, 7) is 5.74. The van der Waals surface area contributed by atoms with Crippen LogP contribution in [0, 0.1) is 23.0 Å². The van der Waals surface area contributed by atoms with Gasteiger partial charge in [-0.05, 0) is 36.5 Å². The standard InChI is InChI=1S/C21H24N2O5/c1-13(2)11-19(21(25)28-4)22-20(24)17-10-9-15(23(26)27)12-18(17)16-8-6-5-7-14(16)3/h5-10,12-13,19H,11H2,1-4H3,(H,22,24)/t19-/m0/s1. The van der Waals surface area contributed by atoms with Crippen LogP contribution in [0.25, 0.3) is 11.1 Å². The average molecular weight is 384 g/mol. The molecule has 0 aliphatic carbocycles. The molecule has 2 aromatic carbocycles. The van der Waals surface area contributed by atoms with Crippen molar-refractivity contribution in [3.05, 3.63) is 63.7 Å². The molecule has 0 radical (unpaired) electrons. The summed E-state index contributed by atoms with van der Waals surface area (Å²) in [6, 6.07) is 10.6. The number of hydrogen-bond acceptors (Lipinski definition) is 5. The number of hydrogen-bond donors (Lipinski definition) is 1. The second-order valence-corrected chi connectivity index (χ2v) is 6.98. The number of ether oxygens (including phenoxy) is 1. The molecule has 0 aromatic heterocycles. The first-order valence-corrected chi connectivity index (χ1v) is 8.97. The van der Waals surface area contributed by atoms with Crippen molar-refractivity contribution in [1.29, 1.82) is 0 Å². The SMILES string of the molecule is COC(=O)[C@H](CC(C)C)NC(=O)c1ccc([N+](=O)[O-])cc1-c1ccccc1C. The van der Waals surface area contributed by atoms with Crippen LogP contribution in [0.3, 0.4) is 0 Å². The maximum absolute atomic E-state index is 13.0. The van der Waals surface area contributed by atoms with Crippen LogP contribution in [0.4, 0.5) is 5.69 Å². The van der Waals surface area contributed by atoms with Gasteiger partial charge in [-0.3, -0.25) is 14.9 Å². The third-order valence-corrected chi connectivity index (χ3v) is 4.39. The number of esters is 1. The molecule has 0 saturated carbocycles. The predicted octanol–water partition coefficient (Wildman–Crippen LogP) is 3.89. The monoisotopic (exact) mass is 384 g/mol. The van der Waals surface area contributed by atoms with Crippen molar-refractivity contribution in [2.45, 2.75) is 33.2 Å². The second kappa shape index (κ2) is 9.12. The number of amides is 1. The number of non-ortho nitro benzene ring substituents is 1. The zero-order valence-electron chi connectivity index (χ0n) is 16.4. The highest BCUT2D eigenvalue weighted by atomic mass is 16.6. The van der Waals surface area contributed by atoms with Crippen molar-refractivity contribution in [2.75, 3.05) is 7.11 Å². The first-order valence-electron chi connectivity index (χ1n) is 8.97. The molecule has 7 heteroatoms. The molecule has 0 fully saturated rings. The molecule has 0 unspecified atom stereocenters. The third kappa shape index (κ3) is 4.94. The quantitative estimate of drug-likeness (QED) is 0.444. The minimum atomic E-state index is -0.794. The molecule has 0 aliphatic heterocycles. The molecule has 148 valence electrons. The van der Waals surface area contributed by atoms with Gasteiger partial charge >= 0.3 is 5.97 Å². The number of carbonyl (C=O) groups excluding carboxylic acids is 2. The molecular weight excluding hydrogens is 360 g/mol. The van der Waals surface area contributed by atoms with Crippen LogP contribution in [0.2, 0.25) is 0 Å². The van der Waals surface area contributed by atoms with E-state index in [-0.39, 0.29) is 17.2 Å². The second-order valence-electron chi connectivity index (χ2n) is 6.98. The largest absolute Gasteiger partial charge is 0.467 e. The zero-order valence-corrected chi connectivity index (χ0v) is 16.4. The van der Waals surface area contributed by atoms with Gasteiger partial charge in [0.1, 0.15) is 6.04 Å². The summed E-state index contributed by atoms with van der Waals surface area (Å²) in [5, 5.41) is 13.9. The number of benzene rings is 2. The molecule has 0 aliphatic rings. The molecule has 28 heavy (non-hydrogen) atoms. The average Bonchev–Trinajstić information content (AvgIpc) is 2.66. The van der Waals surface area contributed by atoms with Gasteiger partial charge < -0.3 is 10.1 Å². The summed E-state index contributed by atoms with van der Waals surface area (Å²) in [5.41, 5.74) is 2.19. The van der Waals surface area contributed by atoms with E-state index in [1.54, 1.807) is 12.1 Å². The summed E-state index contributed by atoms with van der Waals surface area (Å²) in [5.74, 6) is -0.845. The fourth-order valence-corrected chi connectivity index (χ4v) is 3.01. The van der Waals surface area contributed by atoms with E-state index in [1.165, 1.54) is 25.3 Å². The Morgan fingerprint density at radius 1 is 1.14 bits per heavy atom. The molecule has 0 bridgehead atoms. The van der Waals surface area contributed by atoms with Crippen LogP contribution in [-0.2, 0) is 9.53 Å². The minimum absolute atomic E-state index is 0.110. The number of carbonyl (C=O) groups is 2. The van der Waals surface area contributed by atoms with Crippen molar-refractivity contribution >= 4 is 17.6 Å². The van der Waals surface area contributed by atoms with Crippen LogP contribution >= 0.6 is 0 Å². The van der Waals surface area contributed by atoms with E-state index < -0.39 is 22.8 Å². The Hall–Kier alpha value is -3.22. The van der Waals surface area contributed by atoms with Crippen molar-refractivity contribution in [3.63, 3.8) is 0 Å². The number of methoxy groups -OCH3 is 1. The lowest BCUT2D eigenvalue weighted by Gasteiger charge is -2.19. The number of nitrogens with one attached hydrogen (secondary N) is 1. The van der Waals surface area contributed by atoms with Gasteiger partial charge in [0, 0.05) is 23.3 Å². The fraction of sp³-hybridized carbons (Fsp3) is 0.333. The molecule has 7 nitrogen and oxygen atoms in total. The van der Waals surface area contributed by atoms with Gasteiger partial charge in [-0.1, -0.05) is 38.1 Å². The Morgan fingerprint density at radius 3 is 2.39 bits per heavy atom. The van der Waals surface area contributed by atoms with Gasteiger partial charge in [-0.25, -0.2) is 4.79 Å². The van der Waals surface area contributed by atoms with Gasteiger partial charge in [0.05, 0.1) is 12.0 Å². The summed E-state index contributed by atoms with van der Waals surface area (Å²) < 4.78 is 4.79. The molecule has 0 heterocycles. The minimum Gasteiger partial charge on any atom is -0.467 e. The lowest BCUT2D eigenvalue weighted by atomic mass is 9.94. The molecule has 0 spiro atoms. The van der Waals surface area contributed by atoms with E-state index in [0.717, 1.165) is 11.1 Å². The Labute approximate surface area is 163 Å². The van der Waals surface area contributed by atoms with Crippen molar-refractivity contribution in [2.24, 2.45) is 5.92 Å². The number of rotatable bonds is 7. The molecule has 2 aromatic rings. The summed E-state index contributed by atoms with van der Waals surface area (Å²) >= 11 is 0. The maximum atomic E-state index is 13.0. The van der Waals surface area contributed by atoms with Crippen LogP contribution < -0.4 is 5.32 Å². The van der Waals surface area contributed by atoms with Gasteiger partial charge in [-0.2, -0.15) is 0 Å². The highest BCUT2D eigenvalue weighted by molar-refractivity contribution is 6.03. The molecular formula is C21H24N2O5. The zero-order chi connectivity index (χ0) is 20.8. The third-order valence-electron chi connectivity index (χ3n) is 4.39. The first-order chi connectivity index (χ1) is 13.2. The van der Waals surface area contributed by atoms with Gasteiger partial charge in [0.25, 0.3) is 11.6 Å². The Kier molecular flexibility index (Phi) is 6.87. The highest BCUT2D eigenvalue weighted by Crippen LogP contribution is 2.30. The van der Waals surface area contributed by atoms with Crippen LogP contribution in [-0.4, -0.2) is 30.0 Å². The van der Waals surface area contributed by atoms with Gasteiger partial charge in [0.15, 0.2) is 0 Å². The van der Waals surface area contributed by atoms with Crippen molar-refractivity contribution in [3.8, 4) is 11.1 Å². The maximum Gasteiger partial charge on any atom is 0.328 e. The van der Waals surface area contributed by atoms with Gasteiger partial charge in [0.2, 0.25) is 0 Å². The molecule has 2 rings (SSSR count). The molecule has 0 saturated heterocycles. The lowest BCUT2D eigenvalue weighted by Crippen LogP contribution is -2.42. The molecule has 1 atom stereocenters. The van der Waals surface area contributed by atoms with Crippen molar-refractivity contribution in [1.82, 2.24) is 5.32 Å². The van der Waals surface area contributed by atoms with Crippen molar-refractivity contribution < 1.29 is 19.2 Å². The van der Waals surface area contributed by atoms with E-state index in [4.69, 9.17) is 4.74 Å². The fourth-order valence-electron chi connectivity index (χ4n) is 3.01. The Balaban J connectivity index is 2.49.